The maximum atomic E-state index is 10.5. The van der Waals surface area contributed by atoms with E-state index in [0.717, 1.165) is 19.6 Å². The Bertz CT molecular complexity index is 252. The van der Waals surface area contributed by atoms with Crippen LogP contribution >= 0.6 is 0 Å². The molecule has 0 saturated carbocycles. The fourth-order valence-electron chi connectivity index (χ4n) is 1.46. The first-order valence-corrected chi connectivity index (χ1v) is 5.99. The second-order valence-electron chi connectivity index (χ2n) is 3.44. The van der Waals surface area contributed by atoms with Crippen molar-refractivity contribution >= 4 is 10.1 Å². The van der Waals surface area contributed by atoms with Crippen LogP contribution in [0.1, 0.15) is 6.92 Å². The van der Waals surface area contributed by atoms with Crippen molar-refractivity contribution in [3.05, 3.63) is 0 Å². The van der Waals surface area contributed by atoms with Gasteiger partial charge in [-0.2, -0.15) is 8.42 Å². The predicted octanol–water partition coefficient (Wildman–Crippen LogP) is -0.832. The van der Waals surface area contributed by atoms with Gasteiger partial charge in [0, 0.05) is 32.2 Å². The van der Waals surface area contributed by atoms with Crippen LogP contribution in [0, 0.1) is 0 Å². The maximum absolute atomic E-state index is 10.5. The smallest absolute Gasteiger partial charge is 0.266 e. The highest BCUT2D eigenvalue weighted by Gasteiger charge is 2.16. The van der Waals surface area contributed by atoms with Crippen molar-refractivity contribution in [2.24, 2.45) is 0 Å². The predicted molar refractivity (Wildman–Crippen MR) is 50.3 cm³/mol. The molecular formula is C7H16N2O3S. The van der Waals surface area contributed by atoms with Gasteiger partial charge in [0.15, 0.2) is 0 Å². The van der Waals surface area contributed by atoms with Crippen LogP contribution in [0.3, 0.4) is 0 Å². The molecule has 0 aromatic heterocycles. The van der Waals surface area contributed by atoms with E-state index in [1.54, 1.807) is 0 Å². The normalized spacial score (nSPS) is 26.2. The zero-order chi connectivity index (χ0) is 9.90. The van der Waals surface area contributed by atoms with Gasteiger partial charge < -0.3 is 5.32 Å². The molecule has 1 fully saturated rings. The van der Waals surface area contributed by atoms with Crippen molar-refractivity contribution in [3.8, 4) is 0 Å². The van der Waals surface area contributed by atoms with E-state index in [1.807, 2.05) is 4.90 Å². The van der Waals surface area contributed by atoms with Crippen LogP contribution in [0.4, 0.5) is 0 Å². The number of piperazine rings is 1. The van der Waals surface area contributed by atoms with E-state index in [4.69, 9.17) is 4.55 Å². The standard InChI is InChI=1S/C7H16N2O3S/c1-7-6-9(3-2-8-7)4-5-13(10,11)12/h7-8H,2-6H2,1H3,(H,10,11,12). The molecule has 1 aliphatic heterocycles. The summed E-state index contributed by atoms with van der Waals surface area (Å²) in [4.78, 5) is 2.04. The van der Waals surface area contributed by atoms with E-state index in [1.165, 1.54) is 0 Å². The molecule has 0 aliphatic carbocycles. The van der Waals surface area contributed by atoms with Gasteiger partial charge >= 0.3 is 0 Å². The van der Waals surface area contributed by atoms with Gasteiger partial charge in [0.1, 0.15) is 0 Å². The Balaban J connectivity index is 2.29. The molecular weight excluding hydrogens is 192 g/mol. The third kappa shape index (κ3) is 4.56. The Morgan fingerprint density at radius 2 is 2.31 bits per heavy atom. The Labute approximate surface area is 78.9 Å². The first kappa shape index (κ1) is 10.9. The number of hydrogen-bond donors (Lipinski definition) is 2. The number of hydrogen-bond acceptors (Lipinski definition) is 4. The zero-order valence-corrected chi connectivity index (χ0v) is 8.55. The highest BCUT2D eigenvalue weighted by atomic mass is 32.2. The van der Waals surface area contributed by atoms with Gasteiger partial charge in [-0.05, 0) is 6.92 Å². The lowest BCUT2D eigenvalue weighted by molar-refractivity contribution is 0.216. The molecule has 1 heterocycles. The van der Waals surface area contributed by atoms with E-state index >= 15 is 0 Å². The molecule has 0 radical (unpaired) electrons. The van der Waals surface area contributed by atoms with Crippen LogP contribution in [-0.2, 0) is 10.1 Å². The first-order chi connectivity index (χ1) is 5.97. The lowest BCUT2D eigenvalue weighted by Crippen LogP contribution is -2.50. The molecule has 0 amide bonds. The van der Waals surface area contributed by atoms with Gasteiger partial charge in [0.05, 0.1) is 5.75 Å². The molecule has 2 N–H and O–H groups in total. The lowest BCUT2D eigenvalue weighted by atomic mass is 10.2. The third-order valence-corrected chi connectivity index (χ3v) is 2.82. The molecule has 0 bridgehead atoms. The Morgan fingerprint density at radius 1 is 1.62 bits per heavy atom. The average Bonchev–Trinajstić information content (AvgIpc) is 2.00. The quantitative estimate of drug-likeness (QED) is 0.592. The summed E-state index contributed by atoms with van der Waals surface area (Å²) in [6.07, 6.45) is 0. The summed E-state index contributed by atoms with van der Waals surface area (Å²) < 4.78 is 29.5. The molecule has 0 aromatic rings. The maximum Gasteiger partial charge on any atom is 0.266 e. The van der Waals surface area contributed by atoms with Crippen molar-refractivity contribution in [2.75, 3.05) is 31.9 Å². The Morgan fingerprint density at radius 3 is 2.85 bits per heavy atom. The molecule has 1 unspecified atom stereocenters. The summed E-state index contributed by atoms with van der Waals surface area (Å²) in [6, 6.07) is 0.398. The van der Waals surface area contributed by atoms with Crippen molar-refractivity contribution in [2.45, 2.75) is 13.0 Å². The van der Waals surface area contributed by atoms with Crippen molar-refractivity contribution in [3.63, 3.8) is 0 Å². The second kappa shape index (κ2) is 4.36. The molecule has 1 aliphatic rings. The summed E-state index contributed by atoms with van der Waals surface area (Å²) in [5, 5.41) is 3.26. The van der Waals surface area contributed by atoms with Gasteiger partial charge in [0.2, 0.25) is 0 Å². The molecule has 13 heavy (non-hydrogen) atoms. The van der Waals surface area contributed by atoms with Crippen LogP contribution in [0.2, 0.25) is 0 Å². The number of nitrogens with one attached hydrogen (secondary N) is 1. The molecule has 0 spiro atoms. The van der Waals surface area contributed by atoms with E-state index in [0.29, 0.717) is 12.6 Å². The summed E-state index contributed by atoms with van der Waals surface area (Å²) in [6.45, 7) is 5.05. The van der Waals surface area contributed by atoms with E-state index in [2.05, 4.69) is 12.2 Å². The van der Waals surface area contributed by atoms with Crippen molar-refractivity contribution < 1.29 is 13.0 Å². The zero-order valence-electron chi connectivity index (χ0n) is 7.73. The molecule has 5 nitrogen and oxygen atoms in total. The lowest BCUT2D eigenvalue weighted by Gasteiger charge is -2.31. The van der Waals surface area contributed by atoms with Crippen LogP contribution in [0.15, 0.2) is 0 Å². The summed E-state index contributed by atoms with van der Waals surface area (Å²) in [5.41, 5.74) is 0. The molecule has 1 atom stereocenters. The molecule has 1 saturated heterocycles. The third-order valence-electron chi connectivity index (χ3n) is 2.12. The highest BCUT2D eigenvalue weighted by molar-refractivity contribution is 7.85. The fraction of sp³-hybridized carbons (Fsp3) is 1.00. The minimum atomic E-state index is -3.80. The minimum Gasteiger partial charge on any atom is -0.312 e. The second-order valence-corrected chi connectivity index (χ2v) is 5.01. The fourth-order valence-corrected chi connectivity index (χ4v) is 1.95. The summed E-state index contributed by atoms with van der Waals surface area (Å²) in [5.74, 6) is -0.167. The highest BCUT2D eigenvalue weighted by Crippen LogP contribution is 1.98. The monoisotopic (exact) mass is 208 g/mol. The van der Waals surface area contributed by atoms with Gasteiger partial charge in [-0.1, -0.05) is 0 Å². The minimum absolute atomic E-state index is 0.167. The summed E-state index contributed by atoms with van der Waals surface area (Å²) >= 11 is 0. The number of nitrogens with zero attached hydrogens (tertiary/aromatic N) is 1. The van der Waals surface area contributed by atoms with Gasteiger partial charge in [-0.25, -0.2) is 0 Å². The molecule has 6 heteroatoms. The van der Waals surface area contributed by atoms with Crippen LogP contribution in [-0.4, -0.2) is 55.8 Å². The first-order valence-electron chi connectivity index (χ1n) is 4.38. The Kier molecular flexibility index (Phi) is 3.66. The van der Waals surface area contributed by atoms with E-state index in [-0.39, 0.29) is 5.75 Å². The van der Waals surface area contributed by atoms with Gasteiger partial charge in [0.25, 0.3) is 10.1 Å². The topological polar surface area (TPSA) is 69.6 Å². The van der Waals surface area contributed by atoms with Crippen molar-refractivity contribution in [1.82, 2.24) is 10.2 Å². The SMILES string of the molecule is CC1CN(CCS(=O)(=O)O)CCN1. The van der Waals surface area contributed by atoms with Crippen LogP contribution < -0.4 is 5.32 Å². The summed E-state index contributed by atoms with van der Waals surface area (Å²) in [7, 11) is -3.80. The average molecular weight is 208 g/mol. The molecule has 0 aromatic carbocycles. The van der Waals surface area contributed by atoms with Gasteiger partial charge in [-0.15, -0.1) is 0 Å². The largest absolute Gasteiger partial charge is 0.312 e. The van der Waals surface area contributed by atoms with Crippen molar-refractivity contribution in [1.29, 1.82) is 0 Å². The van der Waals surface area contributed by atoms with E-state index < -0.39 is 10.1 Å². The van der Waals surface area contributed by atoms with E-state index in [9.17, 15) is 8.42 Å². The van der Waals surface area contributed by atoms with Crippen LogP contribution in [0.25, 0.3) is 0 Å². The van der Waals surface area contributed by atoms with Gasteiger partial charge in [-0.3, -0.25) is 9.45 Å². The Hall–Kier alpha value is -0.170. The molecule has 1 rings (SSSR count). The molecule has 78 valence electrons. The number of rotatable bonds is 3. The van der Waals surface area contributed by atoms with Crippen LogP contribution in [0.5, 0.6) is 0 Å².